The van der Waals surface area contributed by atoms with Crippen LogP contribution >= 0.6 is 0 Å². The summed E-state index contributed by atoms with van der Waals surface area (Å²) >= 11 is 0. The van der Waals surface area contributed by atoms with Crippen LogP contribution in [0.1, 0.15) is 38.2 Å². The minimum Gasteiger partial charge on any atom is -0.508 e. The molecule has 11 nitrogen and oxygen atoms in total. The number of aromatic hydroxyl groups is 1. The Labute approximate surface area is 296 Å². The van der Waals surface area contributed by atoms with Crippen LogP contribution in [0.25, 0.3) is 0 Å². The summed E-state index contributed by atoms with van der Waals surface area (Å²) in [5, 5.41) is 19.1. The van der Waals surface area contributed by atoms with Crippen LogP contribution in [0.5, 0.6) is 17.2 Å². The molecule has 1 saturated heterocycles. The highest BCUT2D eigenvalue weighted by molar-refractivity contribution is 6.22. The monoisotopic (exact) mass is 688 g/mol. The van der Waals surface area contributed by atoms with Crippen LogP contribution < -0.4 is 19.3 Å². The molecule has 1 heterocycles. The lowest BCUT2D eigenvalue weighted by molar-refractivity contribution is -0.141. The normalized spacial score (nSPS) is 27.1. The van der Waals surface area contributed by atoms with Gasteiger partial charge in [0.25, 0.3) is 0 Å². The SMILES string of the molecule is COc1cc(O)cc(OC)c1[C@H]1C2=CC[C@@H]3C(=O)N(c4ccc(N=Nc5ccc(N(C)C)cc5)cc4)C(=O)[C@@H]3[C@@H]2C[C@H]2C(=O)C=C(C)C(=O)[C@@]12C. The van der Waals surface area contributed by atoms with Crippen LogP contribution in [-0.2, 0) is 19.2 Å². The number of phenols is 1. The number of ether oxygens (including phenoxy) is 2. The minimum atomic E-state index is -1.23. The van der Waals surface area contributed by atoms with E-state index >= 15 is 0 Å². The molecule has 0 radical (unpaired) electrons. The first-order valence-corrected chi connectivity index (χ1v) is 17.0. The number of ketones is 2. The zero-order valence-electron chi connectivity index (χ0n) is 29.4. The largest absolute Gasteiger partial charge is 0.508 e. The van der Waals surface area contributed by atoms with Gasteiger partial charge >= 0.3 is 0 Å². The molecule has 2 amide bonds. The maximum atomic E-state index is 14.4. The summed E-state index contributed by atoms with van der Waals surface area (Å²) in [6, 6.07) is 17.4. The molecule has 262 valence electrons. The molecule has 7 rings (SSSR count). The molecule has 3 aromatic rings. The van der Waals surface area contributed by atoms with Gasteiger partial charge in [-0.25, -0.2) is 0 Å². The third-order valence-corrected chi connectivity index (χ3v) is 11.2. The number of azo groups is 1. The highest BCUT2D eigenvalue weighted by Crippen LogP contribution is 2.64. The number of hydrogen-bond donors (Lipinski definition) is 1. The fourth-order valence-corrected chi connectivity index (χ4v) is 8.77. The fourth-order valence-electron chi connectivity index (χ4n) is 8.77. The van der Waals surface area contributed by atoms with Gasteiger partial charge in [-0.05, 0) is 85.9 Å². The number of fused-ring (bicyclic) bond motifs is 4. The summed E-state index contributed by atoms with van der Waals surface area (Å²) < 4.78 is 11.5. The summed E-state index contributed by atoms with van der Waals surface area (Å²) in [6.07, 6.45) is 3.89. The second kappa shape index (κ2) is 12.6. The average molecular weight is 689 g/mol. The number of amides is 2. The third-order valence-electron chi connectivity index (χ3n) is 11.2. The lowest BCUT2D eigenvalue weighted by atomic mass is 9.47. The first kappa shape index (κ1) is 33.9. The number of nitrogens with zero attached hydrogens (tertiary/aromatic N) is 4. The molecule has 3 aliphatic carbocycles. The van der Waals surface area contributed by atoms with E-state index in [9.17, 15) is 24.3 Å². The number of carbonyl (C=O) groups is 4. The van der Waals surface area contributed by atoms with Crippen molar-refractivity contribution in [1.29, 1.82) is 0 Å². The van der Waals surface area contributed by atoms with Crippen molar-refractivity contribution in [2.75, 3.05) is 38.1 Å². The molecule has 0 unspecified atom stereocenters. The smallest absolute Gasteiger partial charge is 0.238 e. The van der Waals surface area contributed by atoms with Crippen molar-refractivity contribution in [3.05, 3.63) is 89.5 Å². The number of methoxy groups -OCH3 is 2. The first-order chi connectivity index (χ1) is 24.4. The molecule has 2 fully saturated rings. The van der Waals surface area contributed by atoms with Gasteiger partial charge in [0, 0.05) is 49.3 Å². The predicted molar refractivity (Wildman–Crippen MR) is 191 cm³/mol. The average Bonchev–Trinajstić information content (AvgIpc) is 3.38. The van der Waals surface area contributed by atoms with Crippen LogP contribution in [0.4, 0.5) is 22.7 Å². The first-order valence-electron chi connectivity index (χ1n) is 17.0. The van der Waals surface area contributed by atoms with E-state index in [1.807, 2.05) is 49.3 Å². The lowest BCUT2D eigenvalue weighted by Crippen LogP contribution is -2.54. The molecular weight excluding hydrogens is 648 g/mol. The van der Waals surface area contributed by atoms with Crippen molar-refractivity contribution in [3.8, 4) is 17.2 Å². The molecular formula is C40H40N4O7. The topological polar surface area (TPSA) is 138 Å². The van der Waals surface area contributed by atoms with Crippen molar-refractivity contribution in [2.45, 2.75) is 32.6 Å². The van der Waals surface area contributed by atoms with E-state index in [4.69, 9.17) is 9.47 Å². The van der Waals surface area contributed by atoms with Gasteiger partial charge in [-0.3, -0.25) is 24.1 Å². The van der Waals surface area contributed by atoms with E-state index < -0.39 is 35.0 Å². The maximum absolute atomic E-state index is 14.4. The zero-order chi connectivity index (χ0) is 36.4. The number of rotatable bonds is 7. The summed E-state index contributed by atoms with van der Waals surface area (Å²) in [6.45, 7) is 3.45. The predicted octanol–water partition coefficient (Wildman–Crippen LogP) is 6.85. The molecule has 1 aliphatic heterocycles. The van der Waals surface area contributed by atoms with Gasteiger partial charge in [0.05, 0.1) is 48.5 Å². The van der Waals surface area contributed by atoms with Gasteiger partial charge in [0.15, 0.2) is 11.6 Å². The van der Waals surface area contributed by atoms with E-state index in [1.54, 1.807) is 38.1 Å². The van der Waals surface area contributed by atoms with Crippen LogP contribution in [0.2, 0.25) is 0 Å². The Bertz CT molecular complexity index is 2020. The van der Waals surface area contributed by atoms with E-state index in [0.717, 1.165) is 11.3 Å². The summed E-state index contributed by atoms with van der Waals surface area (Å²) in [7, 11) is 6.86. The summed E-state index contributed by atoms with van der Waals surface area (Å²) in [4.78, 5) is 59.7. The van der Waals surface area contributed by atoms with Crippen molar-refractivity contribution in [2.24, 2.45) is 39.3 Å². The van der Waals surface area contributed by atoms with E-state index in [1.165, 1.54) is 37.3 Å². The Kier molecular flexibility index (Phi) is 8.40. The molecule has 1 saturated carbocycles. The number of Topliss-reactive ketones (excluding diaryl/α,β-unsaturated/α-hetero) is 1. The van der Waals surface area contributed by atoms with Gasteiger partial charge in [-0.1, -0.05) is 18.6 Å². The third kappa shape index (κ3) is 5.33. The van der Waals surface area contributed by atoms with Crippen molar-refractivity contribution < 1.29 is 33.8 Å². The minimum absolute atomic E-state index is 0.0836. The Hall–Kier alpha value is -5.58. The van der Waals surface area contributed by atoms with Crippen molar-refractivity contribution in [1.82, 2.24) is 0 Å². The Morgan fingerprint density at radius 1 is 0.863 bits per heavy atom. The number of anilines is 2. The molecule has 11 heteroatoms. The molecule has 0 aromatic heterocycles. The lowest BCUT2D eigenvalue weighted by Gasteiger charge is -2.54. The van der Waals surface area contributed by atoms with Gasteiger partial charge in [-0.15, -0.1) is 0 Å². The van der Waals surface area contributed by atoms with Gasteiger partial charge in [0.2, 0.25) is 11.8 Å². The van der Waals surface area contributed by atoms with Crippen LogP contribution in [0.15, 0.2) is 94.2 Å². The molecule has 0 spiro atoms. The second-order valence-electron chi connectivity index (χ2n) is 14.1. The van der Waals surface area contributed by atoms with Gasteiger partial charge < -0.3 is 19.5 Å². The highest BCUT2D eigenvalue weighted by Gasteiger charge is 2.64. The van der Waals surface area contributed by atoms with Crippen LogP contribution in [0.3, 0.4) is 0 Å². The van der Waals surface area contributed by atoms with Gasteiger partial charge in [0.1, 0.15) is 17.2 Å². The number of imide groups is 1. The van der Waals surface area contributed by atoms with Crippen molar-refractivity contribution >= 4 is 46.1 Å². The molecule has 6 atom stereocenters. The summed E-state index contributed by atoms with van der Waals surface area (Å²) in [5.41, 5.74) is 3.17. The van der Waals surface area contributed by atoms with E-state index in [2.05, 4.69) is 10.2 Å². The molecule has 0 bridgehead atoms. The fraction of sp³-hybridized carbons (Fsp3) is 0.350. The standard InChI is InChI=1S/C40H40N4O7/c1-21-17-31(46)30-20-29-27(36(40(30,2)37(21)47)35-32(50-5)18-26(45)19-33(35)51-6)15-16-28-34(29)39(49)44(38(28)48)25-13-9-23(10-14-25)42-41-22-7-11-24(12-8-22)43(3)4/h7-15,17-19,28-30,34,36,45H,16,20H2,1-6H3/t28-,29+,30-,34-,36+,40+/m0/s1. The zero-order valence-corrected chi connectivity index (χ0v) is 29.4. The summed E-state index contributed by atoms with van der Waals surface area (Å²) in [5.74, 6) is -3.86. The van der Waals surface area contributed by atoms with E-state index in [-0.39, 0.29) is 42.0 Å². The van der Waals surface area contributed by atoms with Crippen LogP contribution in [0, 0.1) is 29.1 Å². The van der Waals surface area contributed by atoms with E-state index in [0.29, 0.717) is 39.7 Å². The highest BCUT2D eigenvalue weighted by atomic mass is 16.5. The molecule has 51 heavy (non-hydrogen) atoms. The molecule has 4 aliphatic rings. The number of benzene rings is 3. The Morgan fingerprint density at radius 3 is 2.02 bits per heavy atom. The Morgan fingerprint density at radius 2 is 1.45 bits per heavy atom. The number of phenolic OH excluding ortho intramolecular Hbond substituents is 1. The second-order valence-corrected chi connectivity index (χ2v) is 14.1. The molecule has 3 aromatic carbocycles. The number of carbonyl (C=O) groups excluding carboxylic acids is 4. The van der Waals surface area contributed by atoms with Gasteiger partial charge in [-0.2, -0.15) is 10.2 Å². The Balaban J connectivity index is 1.24. The molecule has 1 N–H and O–H groups in total. The van der Waals surface area contributed by atoms with Crippen LogP contribution in [-0.4, -0.2) is 56.8 Å². The number of hydrogen-bond acceptors (Lipinski definition) is 10. The maximum Gasteiger partial charge on any atom is 0.238 e. The number of allylic oxidation sites excluding steroid dienone is 4. The van der Waals surface area contributed by atoms with Crippen molar-refractivity contribution in [3.63, 3.8) is 0 Å². The quantitative estimate of drug-likeness (QED) is 0.162.